The third-order valence-corrected chi connectivity index (χ3v) is 4.20. The number of carbonyl (C=O) groups excluding carboxylic acids is 1. The summed E-state index contributed by atoms with van der Waals surface area (Å²) in [7, 11) is 0. The molecular weight excluding hydrogens is 369 g/mol. The van der Waals surface area contributed by atoms with Crippen LogP contribution in [0.3, 0.4) is 0 Å². The van der Waals surface area contributed by atoms with Gasteiger partial charge in [0, 0.05) is 28.7 Å². The fourth-order valence-corrected chi connectivity index (χ4v) is 2.86. The third-order valence-electron chi connectivity index (χ3n) is 4.20. The largest absolute Gasteiger partial charge is 0.416 e. The van der Waals surface area contributed by atoms with Gasteiger partial charge >= 0.3 is 6.18 Å². The fraction of sp³-hybridized carbons (Fsp3) is 0.150. The predicted molar refractivity (Wildman–Crippen MR) is 99.5 cm³/mol. The van der Waals surface area contributed by atoms with Gasteiger partial charge in [0.1, 0.15) is 0 Å². The molecule has 0 bridgehead atoms. The zero-order valence-corrected chi connectivity index (χ0v) is 15.2. The van der Waals surface area contributed by atoms with E-state index in [9.17, 15) is 18.0 Å². The number of aryl methyl sites for hydroxylation is 1. The Balaban J connectivity index is 1.76. The van der Waals surface area contributed by atoms with E-state index in [0.29, 0.717) is 0 Å². The molecule has 1 amide bonds. The smallest absolute Gasteiger partial charge is 0.316 e. The number of nitrogens with one attached hydrogen (secondary N) is 1. The first kappa shape index (κ1) is 19.3. The second kappa shape index (κ2) is 7.67. The van der Waals surface area contributed by atoms with Crippen molar-refractivity contribution in [2.24, 2.45) is 5.10 Å². The zero-order chi connectivity index (χ0) is 20.3. The number of benzene rings is 1. The number of pyridine rings is 1. The molecule has 5 nitrogen and oxygen atoms in total. The van der Waals surface area contributed by atoms with Crippen molar-refractivity contribution in [1.29, 1.82) is 0 Å². The molecule has 2 aromatic heterocycles. The van der Waals surface area contributed by atoms with Crippen molar-refractivity contribution in [2.75, 3.05) is 0 Å². The molecule has 0 aliphatic carbocycles. The van der Waals surface area contributed by atoms with Crippen LogP contribution in [0, 0.1) is 13.8 Å². The summed E-state index contributed by atoms with van der Waals surface area (Å²) in [4.78, 5) is 16.2. The quantitative estimate of drug-likeness (QED) is 0.538. The first-order valence-corrected chi connectivity index (χ1v) is 8.37. The van der Waals surface area contributed by atoms with Gasteiger partial charge in [0.05, 0.1) is 23.7 Å². The van der Waals surface area contributed by atoms with Gasteiger partial charge in [-0.3, -0.25) is 9.78 Å². The van der Waals surface area contributed by atoms with E-state index in [4.69, 9.17) is 0 Å². The van der Waals surface area contributed by atoms with E-state index in [0.717, 1.165) is 34.8 Å². The maximum Gasteiger partial charge on any atom is 0.416 e. The molecule has 3 aromatic rings. The highest BCUT2D eigenvalue weighted by atomic mass is 19.4. The molecule has 3 rings (SSSR count). The Hall–Kier alpha value is -3.42. The summed E-state index contributed by atoms with van der Waals surface area (Å²) in [5.74, 6) is -0.719. The topological polar surface area (TPSA) is 59.3 Å². The summed E-state index contributed by atoms with van der Waals surface area (Å²) in [5, 5.41) is 3.88. The molecule has 0 radical (unpaired) electrons. The SMILES string of the molecule is Cc1cc(/C=N\NC(=O)c2cccc(C(F)(F)F)c2)c(C)n1-c1cccnc1. The molecule has 0 atom stereocenters. The van der Waals surface area contributed by atoms with Crippen molar-refractivity contribution in [3.05, 3.63) is 82.9 Å². The van der Waals surface area contributed by atoms with Gasteiger partial charge < -0.3 is 4.57 Å². The van der Waals surface area contributed by atoms with E-state index in [1.807, 2.05) is 36.6 Å². The Kier molecular flexibility index (Phi) is 5.30. The number of halogens is 3. The molecule has 1 N–H and O–H groups in total. The average Bonchev–Trinajstić information content (AvgIpc) is 2.95. The Morgan fingerprint density at radius 2 is 1.96 bits per heavy atom. The lowest BCUT2D eigenvalue weighted by Crippen LogP contribution is -2.18. The highest BCUT2D eigenvalue weighted by Gasteiger charge is 2.30. The van der Waals surface area contributed by atoms with Crippen LogP contribution in [0.2, 0.25) is 0 Å². The minimum Gasteiger partial charge on any atom is -0.316 e. The molecule has 0 aliphatic heterocycles. The average molecular weight is 386 g/mol. The van der Waals surface area contributed by atoms with Crippen LogP contribution in [0.1, 0.15) is 32.9 Å². The van der Waals surface area contributed by atoms with E-state index >= 15 is 0 Å². The molecule has 144 valence electrons. The molecule has 0 saturated carbocycles. The number of nitrogens with zero attached hydrogens (tertiary/aromatic N) is 3. The Morgan fingerprint density at radius 1 is 1.18 bits per heavy atom. The van der Waals surface area contributed by atoms with Crippen molar-refractivity contribution < 1.29 is 18.0 Å². The van der Waals surface area contributed by atoms with Crippen LogP contribution >= 0.6 is 0 Å². The summed E-state index contributed by atoms with van der Waals surface area (Å²) in [6.07, 6.45) is 0.365. The normalized spacial score (nSPS) is 11.8. The maximum absolute atomic E-state index is 12.8. The van der Waals surface area contributed by atoms with E-state index in [1.165, 1.54) is 18.3 Å². The highest BCUT2D eigenvalue weighted by Crippen LogP contribution is 2.29. The molecule has 0 saturated heterocycles. The molecule has 0 unspecified atom stereocenters. The van der Waals surface area contributed by atoms with Crippen LogP contribution in [-0.2, 0) is 6.18 Å². The third kappa shape index (κ3) is 4.11. The molecular formula is C20H17F3N4O. The van der Waals surface area contributed by atoms with Crippen LogP contribution in [0.25, 0.3) is 5.69 Å². The summed E-state index contributed by atoms with van der Waals surface area (Å²) in [5.41, 5.74) is 4.77. The lowest BCUT2D eigenvalue weighted by Gasteiger charge is -2.08. The zero-order valence-electron chi connectivity index (χ0n) is 15.2. The van der Waals surface area contributed by atoms with Crippen LogP contribution in [-0.4, -0.2) is 21.7 Å². The van der Waals surface area contributed by atoms with E-state index < -0.39 is 17.6 Å². The van der Waals surface area contributed by atoms with Crippen molar-refractivity contribution in [3.63, 3.8) is 0 Å². The van der Waals surface area contributed by atoms with Crippen molar-refractivity contribution >= 4 is 12.1 Å². The highest BCUT2D eigenvalue weighted by molar-refractivity contribution is 5.95. The van der Waals surface area contributed by atoms with Crippen LogP contribution in [0.4, 0.5) is 13.2 Å². The van der Waals surface area contributed by atoms with E-state index in [2.05, 4.69) is 15.5 Å². The lowest BCUT2D eigenvalue weighted by molar-refractivity contribution is -0.137. The molecule has 0 spiro atoms. The number of hydrogen-bond donors (Lipinski definition) is 1. The minimum atomic E-state index is -4.51. The number of hydrazone groups is 1. The van der Waals surface area contributed by atoms with Gasteiger partial charge in [0.15, 0.2) is 0 Å². The van der Waals surface area contributed by atoms with Gasteiger partial charge in [-0.15, -0.1) is 0 Å². The number of hydrogen-bond acceptors (Lipinski definition) is 3. The molecule has 0 aliphatic rings. The van der Waals surface area contributed by atoms with Crippen molar-refractivity contribution in [2.45, 2.75) is 20.0 Å². The van der Waals surface area contributed by atoms with Crippen LogP contribution in [0.15, 0.2) is 60.0 Å². The first-order chi connectivity index (χ1) is 13.3. The van der Waals surface area contributed by atoms with Crippen molar-refractivity contribution in [1.82, 2.24) is 15.0 Å². The number of aromatic nitrogens is 2. The summed E-state index contributed by atoms with van der Waals surface area (Å²) in [6, 6.07) is 9.83. The molecule has 1 aromatic carbocycles. The Bertz CT molecular complexity index is 1020. The molecule has 28 heavy (non-hydrogen) atoms. The fourth-order valence-electron chi connectivity index (χ4n) is 2.86. The summed E-state index contributed by atoms with van der Waals surface area (Å²) in [6.45, 7) is 3.83. The van der Waals surface area contributed by atoms with Crippen LogP contribution < -0.4 is 5.43 Å². The first-order valence-electron chi connectivity index (χ1n) is 8.37. The van der Waals surface area contributed by atoms with Gasteiger partial charge in [0.25, 0.3) is 5.91 Å². The number of carbonyl (C=O) groups is 1. The standard InChI is InChI=1S/C20H17F3N4O/c1-13-9-16(14(2)27(13)18-7-4-8-24-12-18)11-25-26-19(28)15-5-3-6-17(10-15)20(21,22)23/h3-12H,1-2H3,(H,26,28)/b25-11-. The van der Waals surface area contributed by atoms with Gasteiger partial charge in [-0.1, -0.05) is 6.07 Å². The van der Waals surface area contributed by atoms with Gasteiger partial charge in [-0.25, -0.2) is 5.43 Å². The van der Waals surface area contributed by atoms with Crippen molar-refractivity contribution in [3.8, 4) is 5.69 Å². The van der Waals surface area contributed by atoms with Crippen LogP contribution in [0.5, 0.6) is 0 Å². The number of rotatable bonds is 4. The van der Waals surface area contributed by atoms with Gasteiger partial charge in [-0.2, -0.15) is 18.3 Å². The Morgan fingerprint density at radius 3 is 2.64 bits per heavy atom. The lowest BCUT2D eigenvalue weighted by atomic mass is 10.1. The Labute approximate surface area is 159 Å². The molecule has 0 fully saturated rings. The number of amides is 1. The monoisotopic (exact) mass is 386 g/mol. The second-order valence-electron chi connectivity index (χ2n) is 6.15. The molecule has 8 heteroatoms. The minimum absolute atomic E-state index is 0.118. The second-order valence-corrected chi connectivity index (χ2v) is 6.15. The maximum atomic E-state index is 12.8. The van der Waals surface area contributed by atoms with Gasteiger partial charge in [0.2, 0.25) is 0 Å². The van der Waals surface area contributed by atoms with Gasteiger partial charge in [-0.05, 0) is 50.2 Å². The number of alkyl halides is 3. The summed E-state index contributed by atoms with van der Waals surface area (Å²) >= 11 is 0. The predicted octanol–water partition coefficient (Wildman–Crippen LogP) is 4.27. The molecule has 2 heterocycles. The van der Waals surface area contributed by atoms with E-state index in [1.54, 1.807) is 12.4 Å². The summed E-state index contributed by atoms with van der Waals surface area (Å²) < 4.78 is 40.3. The van der Waals surface area contributed by atoms with E-state index in [-0.39, 0.29) is 5.56 Å².